The number of aliphatic imine (C=N–C) groups is 1. The van der Waals surface area contributed by atoms with Crippen LogP contribution in [0.2, 0.25) is 0 Å². The zero-order chi connectivity index (χ0) is 15.1. The quantitative estimate of drug-likeness (QED) is 0.420. The summed E-state index contributed by atoms with van der Waals surface area (Å²) in [6.45, 7) is 3.72. The molecule has 1 saturated carbocycles. The molecule has 0 spiro atoms. The SMILES string of the molecule is CCCC1CC1NC(=NC)N(C)CCOc1ccccc1.I. The Morgan fingerprint density at radius 2 is 2.09 bits per heavy atom. The van der Waals surface area contributed by atoms with Crippen molar-refractivity contribution in [3.63, 3.8) is 0 Å². The molecule has 0 aliphatic heterocycles. The summed E-state index contributed by atoms with van der Waals surface area (Å²) in [5.41, 5.74) is 0. The number of likely N-dealkylation sites (N-methyl/N-ethyl adjacent to an activating group) is 1. The highest BCUT2D eigenvalue weighted by Gasteiger charge is 2.36. The van der Waals surface area contributed by atoms with E-state index in [1.807, 2.05) is 37.4 Å². The van der Waals surface area contributed by atoms with Crippen LogP contribution in [0.3, 0.4) is 0 Å². The average molecular weight is 417 g/mol. The molecule has 0 radical (unpaired) electrons. The highest BCUT2D eigenvalue weighted by Crippen LogP contribution is 2.34. The molecule has 1 aliphatic rings. The summed E-state index contributed by atoms with van der Waals surface area (Å²) in [4.78, 5) is 6.49. The molecule has 1 fully saturated rings. The zero-order valence-electron chi connectivity index (χ0n) is 13.8. The number of ether oxygens (including phenoxy) is 1. The van der Waals surface area contributed by atoms with Crippen molar-refractivity contribution in [1.29, 1.82) is 0 Å². The van der Waals surface area contributed by atoms with Gasteiger partial charge in [-0.25, -0.2) is 0 Å². The van der Waals surface area contributed by atoms with E-state index in [-0.39, 0.29) is 24.0 Å². The molecule has 1 N–H and O–H groups in total. The first-order valence-electron chi connectivity index (χ1n) is 7.87. The van der Waals surface area contributed by atoms with Crippen molar-refractivity contribution >= 4 is 29.9 Å². The minimum atomic E-state index is 0. The van der Waals surface area contributed by atoms with Gasteiger partial charge < -0.3 is 15.0 Å². The van der Waals surface area contributed by atoms with Crippen molar-refractivity contribution in [1.82, 2.24) is 10.2 Å². The Morgan fingerprint density at radius 1 is 1.36 bits per heavy atom. The predicted octanol–water partition coefficient (Wildman–Crippen LogP) is 3.38. The maximum Gasteiger partial charge on any atom is 0.193 e. The van der Waals surface area contributed by atoms with Crippen molar-refractivity contribution < 1.29 is 4.74 Å². The van der Waals surface area contributed by atoms with Crippen LogP contribution in [-0.4, -0.2) is 44.1 Å². The number of rotatable bonds is 7. The van der Waals surface area contributed by atoms with Gasteiger partial charge in [0.05, 0.1) is 6.54 Å². The minimum absolute atomic E-state index is 0. The lowest BCUT2D eigenvalue weighted by molar-refractivity contribution is 0.281. The fraction of sp³-hybridized carbons (Fsp3) is 0.588. The number of guanidine groups is 1. The van der Waals surface area contributed by atoms with E-state index in [2.05, 4.69) is 29.2 Å². The summed E-state index contributed by atoms with van der Waals surface area (Å²) in [5, 5.41) is 3.54. The number of nitrogens with zero attached hydrogens (tertiary/aromatic N) is 2. The molecule has 0 heterocycles. The highest BCUT2D eigenvalue weighted by atomic mass is 127. The number of hydrogen-bond donors (Lipinski definition) is 1. The Kier molecular flexibility index (Phi) is 8.60. The van der Waals surface area contributed by atoms with Crippen LogP contribution in [0, 0.1) is 5.92 Å². The standard InChI is InChI=1S/C17H27N3O.HI/c1-4-8-14-13-16(14)19-17(18-2)20(3)11-12-21-15-9-6-5-7-10-15;/h5-7,9-10,14,16H,4,8,11-13H2,1-3H3,(H,18,19);1H. The van der Waals surface area contributed by atoms with Crippen molar-refractivity contribution in [3.05, 3.63) is 30.3 Å². The van der Waals surface area contributed by atoms with E-state index in [0.29, 0.717) is 12.6 Å². The van der Waals surface area contributed by atoms with Gasteiger partial charge in [0.25, 0.3) is 0 Å². The lowest BCUT2D eigenvalue weighted by atomic mass is 10.2. The second-order valence-corrected chi connectivity index (χ2v) is 5.67. The van der Waals surface area contributed by atoms with Crippen molar-refractivity contribution in [2.45, 2.75) is 32.2 Å². The molecular weight excluding hydrogens is 389 g/mol. The van der Waals surface area contributed by atoms with Gasteiger partial charge in [0, 0.05) is 20.1 Å². The predicted molar refractivity (Wildman–Crippen MR) is 103 cm³/mol. The molecule has 0 aromatic heterocycles. The van der Waals surface area contributed by atoms with Crippen molar-refractivity contribution in [3.8, 4) is 5.75 Å². The summed E-state index contributed by atoms with van der Waals surface area (Å²) >= 11 is 0. The minimum Gasteiger partial charge on any atom is -0.492 e. The molecule has 1 aliphatic carbocycles. The fourth-order valence-corrected chi connectivity index (χ4v) is 2.55. The Hall–Kier alpha value is -0.980. The molecule has 0 amide bonds. The normalized spacial score (nSPS) is 20.0. The van der Waals surface area contributed by atoms with Crippen LogP contribution in [0.1, 0.15) is 26.2 Å². The van der Waals surface area contributed by atoms with Crippen LogP contribution >= 0.6 is 24.0 Å². The van der Waals surface area contributed by atoms with Gasteiger partial charge in [-0.3, -0.25) is 4.99 Å². The van der Waals surface area contributed by atoms with Crippen LogP contribution < -0.4 is 10.1 Å². The molecule has 2 rings (SSSR count). The summed E-state index contributed by atoms with van der Waals surface area (Å²) < 4.78 is 5.73. The Morgan fingerprint density at radius 3 is 2.73 bits per heavy atom. The van der Waals surface area contributed by atoms with Gasteiger partial charge in [-0.1, -0.05) is 31.5 Å². The topological polar surface area (TPSA) is 36.9 Å². The monoisotopic (exact) mass is 417 g/mol. The smallest absolute Gasteiger partial charge is 0.193 e. The maximum atomic E-state index is 5.73. The van der Waals surface area contributed by atoms with Crippen molar-refractivity contribution in [2.24, 2.45) is 10.9 Å². The largest absolute Gasteiger partial charge is 0.492 e. The summed E-state index contributed by atoms with van der Waals surface area (Å²) in [6.07, 6.45) is 3.86. The van der Waals surface area contributed by atoms with Gasteiger partial charge in [0.1, 0.15) is 12.4 Å². The van der Waals surface area contributed by atoms with Gasteiger partial charge in [-0.15, -0.1) is 24.0 Å². The molecule has 5 heteroatoms. The first-order chi connectivity index (χ1) is 10.2. The average Bonchev–Trinajstić information content (AvgIpc) is 3.24. The van der Waals surface area contributed by atoms with Gasteiger partial charge in [0.15, 0.2) is 5.96 Å². The number of nitrogens with one attached hydrogen (secondary N) is 1. The van der Waals surface area contributed by atoms with E-state index < -0.39 is 0 Å². The third kappa shape index (κ3) is 6.02. The van der Waals surface area contributed by atoms with E-state index in [1.165, 1.54) is 19.3 Å². The first-order valence-corrected chi connectivity index (χ1v) is 7.87. The number of hydrogen-bond acceptors (Lipinski definition) is 2. The van der Waals surface area contributed by atoms with Crippen LogP contribution in [0.25, 0.3) is 0 Å². The lowest BCUT2D eigenvalue weighted by Crippen LogP contribution is -2.42. The van der Waals surface area contributed by atoms with E-state index in [1.54, 1.807) is 0 Å². The second-order valence-electron chi connectivity index (χ2n) is 5.67. The van der Waals surface area contributed by atoms with Gasteiger partial charge >= 0.3 is 0 Å². The molecule has 1 aromatic carbocycles. The van der Waals surface area contributed by atoms with E-state index in [9.17, 15) is 0 Å². The van der Waals surface area contributed by atoms with Gasteiger partial charge in [-0.05, 0) is 30.9 Å². The molecule has 2 unspecified atom stereocenters. The lowest BCUT2D eigenvalue weighted by Gasteiger charge is -2.22. The third-order valence-electron chi connectivity index (χ3n) is 3.91. The summed E-state index contributed by atoms with van der Waals surface area (Å²) in [6, 6.07) is 10.5. The molecule has 0 saturated heterocycles. The highest BCUT2D eigenvalue weighted by molar-refractivity contribution is 14.0. The number of halogens is 1. The Labute approximate surface area is 151 Å². The van der Waals surface area contributed by atoms with Crippen molar-refractivity contribution in [2.75, 3.05) is 27.2 Å². The van der Waals surface area contributed by atoms with Crippen LogP contribution in [0.5, 0.6) is 5.75 Å². The van der Waals surface area contributed by atoms with Crippen LogP contribution in [0.4, 0.5) is 0 Å². The number of para-hydroxylation sites is 1. The van der Waals surface area contributed by atoms with Crippen LogP contribution in [0.15, 0.2) is 35.3 Å². The van der Waals surface area contributed by atoms with Gasteiger partial charge in [-0.2, -0.15) is 0 Å². The summed E-state index contributed by atoms with van der Waals surface area (Å²) in [5.74, 6) is 2.72. The molecule has 22 heavy (non-hydrogen) atoms. The fourth-order valence-electron chi connectivity index (χ4n) is 2.55. The van der Waals surface area contributed by atoms with E-state index in [4.69, 9.17) is 4.74 Å². The molecular formula is C17H28IN3O. The molecule has 0 bridgehead atoms. The first kappa shape index (κ1) is 19.1. The number of benzene rings is 1. The molecule has 1 aromatic rings. The molecule has 124 valence electrons. The molecule has 2 atom stereocenters. The molecule has 4 nitrogen and oxygen atoms in total. The van der Waals surface area contributed by atoms with E-state index in [0.717, 1.165) is 24.2 Å². The van der Waals surface area contributed by atoms with Crippen LogP contribution in [-0.2, 0) is 0 Å². The third-order valence-corrected chi connectivity index (χ3v) is 3.91. The second kappa shape index (κ2) is 9.92. The summed E-state index contributed by atoms with van der Waals surface area (Å²) in [7, 11) is 3.90. The zero-order valence-corrected chi connectivity index (χ0v) is 16.1. The Balaban J connectivity index is 0.00000242. The maximum absolute atomic E-state index is 5.73. The Bertz CT molecular complexity index is 452. The van der Waals surface area contributed by atoms with E-state index >= 15 is 0 Å². The van der Waals surface area contributed by atoms with Gasteiger partial charge in [0.2, 0.25) is 0 Å².